The minimum absolute atomic E-state index is 0.250. The van der Waals surface area contributed by atoms with Crippen LogP contribution in [0.2, 0.25) is 0 Å². The average molecular weight is 236 g/mol. The number of aromatic amines is 1. The van der Waals surface area contributed by atoms with Crippen LogP contribution in [0.4, 0.5) is 10.3 Å². The molecule has 0 saturated carbocycles. The van der Waals surface area contributed by atoms with Crippen molar-refractivity contribution >= 4 is 17.0 Å². The summed E-state index contributed by atoms with van der Waals surface area (Å²) in [5.74, 6) is 0.446. The average Bonchev–Trinajstić information content (AvgIpc) is 2.70. The number of halogens is 1. The van der Waals surface area contributed by atoms with Gasteiger partial charge in [-0.3, -0.25) is 0 Å². The number of anilines is 1. The number of nitrogens with zero attached hydrogens (tertiary/aromatic N) is 1. The molecular formula is C12H17FN4. The third kappa shape index (κ3) is 3.17. The lowest BCUT2D eigenvalue weighted by Gasteiger charge is -2.02. The van der Waals surface area contributed by atoms with Gasteiger partial charge in [0.2, 0.25) is 5.95 Å². The van der Waals surface area contributed by atoms with E-state index in [1.807, 2.05) is 0 Å². The fourth-order valence-electron chi connectivity index (χ4n) is 1.66. The number of imidazole rings is 1. The zero-order valence-corrected chi connectivity index (χ0v) is 9.89. The summed E-state index contributed by atoms with van der Waals surface area (Å²) >= 11 is 0. The van der Waals surface area contributed by atoms with Crippen molar-refractivity contribution in [1.82, 2.24) is 15.3 Å². The molecule has 2 rings (SSSR count). The maximum absolute atomic E-state index is 13.0. The number of benzene rings is 1. The monoisotopic (exact) mass is 236 g/mol. The Balaban J connectivity index is 1.91. The summed E-state index contributed by atoms with van der Waals surface area (Å²) in [7, 11) is 0. The van der Waals surface area contributed by atoms with Gasteiger partial charge in [-0.05, 0) is 37.7 Å². The Morgan fingerprint density at radius 3 is 3.06 bits per heavy atom. The number of fused-ring (bicyclic) bond motifs is 1. The van der Waals surface area contributed by atoms with Gasteiger partial charge in [0.25, 0.3) is 0 Å². The topological polar surface area (TPSA) is 52.7 Å². The fraction of sp³-hybridized carbons (Fsp3) is 0.417. The summed E-state index contributed by atoms with van der Waals surface area (Å²) in [6.07, 6.45) is 1.03. The molecule has 1 heterocycles. The van der Waals surface area contributed by atoms with E-state index < -0.39 is 0 Å². The predicted molar refractivity (Wildman–Crippen MR) is 67.7 cm³/mol. The lowest BCUT2D eigenvalue weighted by atomic mass is 10.3. The van der Waals surface area contributed by atoms with Gasteiger partial charge in [0, 0.05) is 6.54 Å². The molecule has 2 aromatic rings. The van der Waals surface area contributed by atoms with Crippen LogP contribution in [0.5, 0.6) is 0 Å². The van der Waals surface area contributed by atoms with Crippen LogP contribution in [-0.4, -0.2) is 29.6 Å². The Morgan fingerprint density at radius 2 is 2.24 bits per heavy atom. The number of nitrogens with one attached hydrogen (secondary N) is 3. The van der Waals surface area contributed by atoms with Crippen molar-refractivity contribution in [3.05, 3.63) is 24.0 Å². The highest BCUT2D eigenvalue weighted by atomic mass is 19.1. The second kappa shape index (κ2) is 5.63. The highest BCUT2D eigenvalue weighted by molar-refractivity contribution is 5.77. The normalized spacial score (nSPS) is 10.9. The van der Waals surface area contributed by atoms with Crippen molar-refractivity contribution in [2.24, 2.45) is 0 Å². The molecule has 5 heteroatoms. The second-order valence-corrected chi connectivity index (χ2v) is 3.88. The second-order valence-electron chi connectivity index (χ2n) is 3.88. The van der Waals surface area contributed by atoms with E-state index in [0.29, 0.717) is 5.95 Å². The quantitative estimate of drug-likeness (QED) is 0.673. The van der Waals surface area contributed by atoms with E-state index in [-0.39, 0.29) is 5.82 Å². The molecule has 0 amide bonds. The molecule has 0 aliphatic rings. The first-order chi connectivity index (χ1) is 8.29. The summed E-state index contributed by atoms with van der Waals surface area (Å²) in [4.78, 5) is 7.36. The number of H-pyrrole nitrogens is 1. The maximum Gasteiger partial charge on any atom is 0.201 e. The van der Waals surface area contributed by atoms with E-state index in [9.17, 15) is 4.39 Å². The van der Waals surface area contributed by atoms with Crippen LogP contribution < -0.4 is 10.6 Å². The smallest absolute Gasteiger partial charge is 0.201 e. The lowest BCUT2D eigenvalue weighted by Crippen LogP contribution is -2.17. The SMILES string of the molecule is CCNCCCNc1nc2ccc(F)cc2[nH]1. The van der Waals surface area contributed by atoms with Crippen LogP contribution in [0.15, 0.2) is 18.2 Å². The molecule has 0 fully saturated rings. The Bertz CT molecular complexity index is 480. The van der Waals surface area contributed by atoms with Gasteiger partial charge in [0.1, 0.15) is 5.82 Å². The first kappa shape index (κ1) is 11.9. The van der Waals surface area contributed by atoms with Crippen molar-refractivity contribution in [1.29, 1.82) is 0 Å². The third-order valence-electron chi connectivity index (χ3n) is 2.52. The summed E-state index contributed by atoms with van der Waals surface area (Å²) in [6.45, 7) is 4.90. The van der Waals surface area contributed by atoms with Gasteiger partial charge in [0.05, 0.1) is 11.0 Å². The maximum atomic E-state index is 13.0. The minimum atomic E-state index is -0.250. The standard InChI is InChI=1S/C12H17FN4/c1-2-14-6-3-7-15-12-16-10-5-4-9(13)8-11(10)17-12/h4-5,8,14H,2-3,6-7H2,1H3,(H2,15,16,17). The van der Waals surface area contributed by atoms with Gasteiger partial charge >= 0.3 is 0 Å². The van der Waals surface area contributed by atoms with Crippen LogP contribution in [-0.2, 0) is 0 Å². The summed E-state index contributed by atoms with van der Waals surface area (Å²) in [5, 5.41) is 6.43. The molecule has 0 aliphatic heterocycles. The van der Waals surface area contributed by atoms with Crippen molar-refractivity contribution in [2.75, 3.05) is 25.0 Å². The molecule has 0 aliphatic carbocycles. The molecular weight excluding hydrogens is 219 g/mol. The van der Waals surface area contributed by atoms with Crippen LogP contribution in [0.25, 0.3) is 11.0 Å². The van der Waals surface area contributed by atoms with Gasteiger partial charge in [0.15, 0.2) is 0 Å². The van der Waals surface area contributed by atoms with Crippen LogP contribution in [0.3, 0.4) is 0 Å². The Kier molecular flexibility index (Phi) is 3.93. The zero-order chi connectivity index (χ0) is 12.1. The molecule has 3 N–H and O–H groups in total. The zero-order valence-electron chi connectivity index (χ0n) is 9.89. The lowest BCUT2D eigenvalue weighted by molar-refractivity contribution is 0.629. The molecule has 0 atom stereocenters. The molecule has 92 valence electrons. The molecule has 17 heavy (non-hydrogen) atoms. The number of hydrogen-bond donors (Lipinski definition) is 3. The molecule has 0 spiro atoms. The molecule has 0 saturated heterocycles. The summed E-state index contributed by atoms with van der Waals surface area (Å²) in [6, 6.07) is 4.54. The van der Waals surface area contributed by atoms with E-state index in [1.54, 1.807) is 6.07 Å². The first-order valence-electron chi connectivity index (χ1n) is 5.89. The van der Waals surface area contributed by atoms with E-state index in [1.165, 1.54) is 12.1 Å². The minimum Gasteiger partial charge on any atom is -0.356 e. The van der Waals surface area contributed by atoms with Crippen molar-refractivity contribution in [3.8, 4) is 0 Å². The molecule has 0 radical (unpaired) electrons. The molecule has 0 unspecified atom stereocenters. The first-order valence-corrected chi connectivity index (χ1v) is 5.89. The van der Waals surface area contributed by atoms with Gasteiger partial charge in [-0.2, -0.15) is 0 Å². The van der Waals surface area contributed by atoms with Crippen LogP contribution in [0, 0.1) is 5.82 Å². The number of rotatable bonds is 6. The summed E-state index contributed by atoms with van der Waals surface area (Å²) in [5.41, 5.74) is 1.50. The molecule has 1 aromatic carbocycles. The van der Waals surface area contributed by atoms with Crippen molar-refractivity contribution in [2.45, 2.75) is 13.3 Å². The van der Waals surface area contributed by atoms with E-state index in [2.05, 4.69) is 27.5 Å². The van der Waals surface area contributed by atoms with Gasteiger partial charge in [-0.15, -0.1) is 0 Å². The number of hydrogen-bond acceptors (Lipinski definition) is 3. The largest absolute Gasteiger partial charge is 0.356 e. The van der Waals surface area contributed by atoms with Gasteiger partial charge in [-0.25, -0.2) is 9.37 Å². The Morgan fingerprint density at radius 1 is 1.35 bits per heavy atom. The molecule has 0 bridgehead atoms. The van der Waals surface area contributed by atoms with Crippen molar-refractivity contribution in [3.63, 3.8) is 0 Å². The molecule has 1 aromatic heterocycles. The van der Waals surface area contributed by atoms with Gasteiger partial charge < -0.3 is 15.6 Å². The Hall–Kier alpha value is -1.62. The highest BCUT2D eigenvalue weighted by Gasteiger charge is 2.02. The Labute approximate surface area is 99.6 Å². The predicted octanol–water partition coefficient (Wildman–Crippen LogP) is 2.11. The van der Waals surface area contributed by atoms with Crippen molar-refractivity contribution < 1.29 is 4.39 Å². The summed E-state index contributed by atoms with van der Waals surface area (Å²) < 4.78 is 13.0. The van der Waals surface area contributed by atoms with E-state index >= 15 is 0 Å². The third-order valence-corrected chi connectivity index (χ3v) is 2.52. The van der Waals surface area contributed by atoms with Crippen LogP contribution >= 0.6 is 0 Å². The fourth-order valence-corrected chi connectivity index (χ4v) is 1.66. The van der Waals surface area contributed by atoms with Crippen LogP contribution in [0.1, 0.15) is 13.3 Å². The van der Waals surface area contributed by atoms with Gasteiger partial charge in [-0.1, -0.05) is 6.92 Å². The van der Waals surface area contributed by atoms with E-state index in [0.717, 1.165) is 37.1 Å². The van der Waals surface area contributed by atoms with E-state index in [4.69, 9.17) is 0 Å². The molecule has 4 nitrogen and oxygen atoms in total. The number of aromatic nitrogens is 2. The highest BCUT2D eigenvalue weighted by Crippen LogP contribution is 2.15.